The maximum atomic E-state index is 9.51. The van der Waals surface area contributed by atoms with Gasteiger partial charge < -0.3 is 4.90 Å². The van der Waals surface area contributed by atoms with E-state index in [-0.39, 0.29) is 0 Å². The van der Waals surface area contributed by atoms with Crippen LogP contribution in [0.3, 0.4) is 0 Å². The van der Waals surface area contributed by atoms with Gasteiger partial charge in [0.05, 0.1) is 22.5 Å². The number of hydrogen-bond donors (Lipinski definition) is 0. The third kappa shape index (κ3) is 3.14. The van der Waals surface area contributed by atoms with E-state index >= 15 is 0 Å². The van der Waals surface area contributed by atoms with Gasteiger partial charge in [-0.15, -0.1) is 16.4 Å². The Labute approximate surface area is 156 Å². The Bertz CT molecular complexity index is 948. The van der Waals surface area contributed by atoms with Crippen LogP contribution in [-0.2, 0) is 6.54 Å². The molecule has 132 valence electrons. The van der Waals surface area contributed by atoms with Crippen LogP contribution in [0.25, 0.3) is 10.2 Å². The first-order valence-corrected chi connectivity index (χ1v) is 9.53. The molecule has 0 atom stereocenters. The molecule has 0 amide bonds. The standard InChI is InChI=1S/C19H20N6S/c1-13-14(2)22-23-19(15(13)11-20)25-9-7-24(8-10-25)12-18-21-16-5-3-4-6-17(16)26-18/h3-6H,7-10,12H2,1-2H3. The van der Waals surface area contributed by atoms with E-state index < -0.39 is 0 Å². The number of aryl methyl sites for hydroxylation is 1. The van der Waals surface area contributed by atoms with Crippen molar-refractivity contribution < 1.29 is 0 Å². The molecule has 1 aromatic carbocycles. The first-order chi connectivity index (χ1) is 12.7. The van der Waals surface area contributed by atoms with E-state index in [1.807, 2.05) is 19.9 Å². The number of nitrogens with zero attached hydrogens (tertiary/aromatic N) is 6. The summed E-state index contributed by atoms with van der Waals surface area (Å²) in [5, 5.41) is 19.2. The van der Waals surface area contributed by atoms with Crippen molar-refractivity contribution in [1.29, 1.82) is 5.26 Å². The second-order valence-electron chi connectivity index (χ2n) is 6.56. The maximum absolute atomic E-state index is 9.51. The summed E-state index contributed by atoms with van der Waals surface area (Å²) < 4.78 is 1.24. The van der Waals surface area contributed by atoms with E-state index in [0.717, 1.165) is 60.3 Å². The Balaban J connectivity index is 1.44. The SMILES string of the molecule is Cc1nnc(N2CCN(Cc3nc4ccccc4s3)CC2)c(C#N)c1C. The molecule has 0 aliphatic carbocycles. The minimum absolute atomic E-state index is 0.650. The molecule has 3 heterocycles. The molecule has 1 aliphatic rings. The number of nitriles is 1. The summed E-state index contributed by atoms with van der Waals surface area (Å²) in [4.78, 5) is 9.32. The molecular formula is C19H20N6S. The van der Waals surface area contributed by atoms with E-state index in [9.17, 15) is 5.26 Å². The van der Waals surface area contributed by atoms with Crippen molar-refractivity contribution >= 4 is 27.4 Å². The van der Waals surface area contributed by atoms with Crippen LogP contribution < -0.4 is 4.90 Å². The van der Waals surface area contributed by atoms with Gasteiger partial charge in [0.15, 0.2) is 5.82 Å². The lowest BCUT2D eigenvalue weighted by atomic mass is 10.1. The highest BCUT2D eigenvalue weighted by Gasteiger charge is 2.23. The van der Waals surface area contributed by atoms with Gasteiger partial charge >= 0.3 is 0 Å². The van der Waals surface area contributed by atoms with Crippen molar-refractivity contribution in [2.24, 2.45) is 0 Å². The molecule has 1 aliphatic heterocycles. The van der Waals surface area contributed by atoms with Gasteiger partial charge in [-0.3, -0.25) is 4.90 Å². The third-order valence-electron chi connectivity index (χ3n) is 4.92. The fourth-order valence-electron chi connectivity index (χ4n) is 3.25. The number of piperazine rings is 1. The number of anilines is 1. The van der Waals surface area contributed by atoms with Crippen molar-refractivity contribution in [2.75, 3.05) is 31.1 Å². The van der Waals surface area contributed by atoms with E-state index in [2.05, 4.69) is 44.3 Å². The Morgan fingerprint density at radius 3 is 2.62 bits per heavy atom. The van der Waals surface area contributed by atoms with Crippen molar-refractivity contribution in [3.05, 3.63) is 46.1 Å². The van der Waals surface area contributed by atoms with Gasteiger partial charge in [-0.2, -0.15) is 10.4 Å². The fourth-order valence-corrected chi connectivity index (χ4v) is 4.26. The third-order valence-corrected chi connectivity index (χ3v) is 5.94. The number of fused-ring (bicyclic) bond motifs is 1. The number of thiazole rings is 1. The number of hydrogen-bond acceptors (Lipinski definition) is 7. The average molecular weight is 364 g/mol. The summed E-state index contributed by atoms with van der Waals surface area (Å²) in [6.07, 6.45) is 0. The minimum atomic E-state index is 0.650. The second-order valence-corrected chi connectivity index (χ2v) is 7.67. The Hall–Kier alpha value is -2.56. The lowest BCUT2D eigenvalue weighted by molar-refractivity contribution is 0.249. The predicted octanol–water partition coefficient (Wildman–Crippen LogP) is 2.90. The number of para-hydroxylation sites is 1. The second kappa shape index (κ2) is 6.98. The zero-order valence-electron chi connectivity index (χ0n) is 14.9. The summed E-state index contributed by atoms with van der Waals surface area (Å²) in [5.41, 5.74) is 3.47. The highest BCUT2D eigenvalue weighted by molar-refractivity contribution is 7.18. The van der Waals surface area contributed by atoms with Crippen LogP contribution in [0.5, 0.6) is 0 Å². The summed E-state index contributed by atoms with van der Waals surface area (Å²) >= 11 is 1.77. The molecule has 3 aromatic rings. The molecule has 0 saturated carbocycles. The highest BCUT2D eigenvalue weighted by atomic mass is 32.1. The van der Waals surface area contributed by atoms with Gasteiger partial charge in [-0.1, -0.05) is 12.1 Å². The molecule has 2 aromatic heterocycles. The zero-order valence-corrected chi connectivity index (χ0v) is 15.8. The van der Waals surface area contributed by atoms with Crippen LogP contribution in [0.2, 0.25) is 0 Å². The molecule has 7 heteroatoms. The molecule has 6 nitrogen and oxygen atoms in total. The Morgan fingerprint density at radius 1 is 1.12 bits per heavy atom. The lowest BCUT2D eigenvalue weighted by Gasteiger charge is -2.35. The largest absolute Gasteiger partial charge is 0.351 e. The molecular weight excluding hydrogens is 344 g/mol. The van der Waals surface area contributed by atoms with E-state index in [1.165, 1.54) is 4.70 Å². The van der Waals surface area contributed by atoms with Crippen LogP contribution in [-0.4, -0.2) is 46.3 Å². The van der Waals surface area contributed by atoms with Crippen LogP contribution in [0, 0.1) is 25.2 Å². The molecule has 1 fully saturated rings. The summed E-state index contributed by atoms with van der Waals surface area (Å²) in [6.45, 7) is 8.24. The monoisotopic (exact) mass is 364 g/mol. The highest BCUT2D eigenvalue weighted by Crippen LogP contribution is 2.25. The van der Waals surface area contributed by atoms with Gasteiger partial charge in [0.25, 0.3) is 0 Å². The van der Waals surface area contributed by atoms with E-state index in [1.54, 1.807) is 11.3 Å². The van der Waals surface area contributed by atoms with Gasteiger partial charge in [-0.05, 0) is 31.5 Å². The first kappa shape index (κ1) is 16.9. The predicted molar refractivity (Wildman–Crippen MR) is 103 cm³/mol. The van der Waals surface area contributed by atoms with Crippen LogP contribution in [0.15, 0.2) is 24.3 Å². The van der Waals surface area contributed by atoms with E-state index in [4.69, 9.17) is 4.98 Å². The number of rotatable bonds is 3. The summed E-state index contributed by atoms with van der Waals surface area (Å²) in [5.74, 6) is 0.718. The topological polar surface area (TPSA) is 68.9 Å². The van der Waals surface area contributed by atoms with Crippen molar-refractivity contribution in [3.8, 4) is 6.07 Å². The van der Waals surface area contributed by atoms with Crippen LogP contribution in [0.4, 0.5) is 5.82 Å². The van der Waals surface area contributed by atoms with Gasteiger partial charge in [-0.25, -0.2) is 4.98 Å². The molecule has 0 radical (unpaired) electrons. The molecule has 26 heavy (non-hydrogen) atoms. The summed E-state index contributed by atoms with van der Waals surface area (Å²) in [6, 6.07) is 10.6. The zero-order chi connectivity index (χ0) is 18.1. The summed E-state index contributed by atoms with van der Waals surface area (Å²) in [7, 11) is 0. The average Bonchev–Trinajstić information content (AvgIpc) is 3.07. The van der Waals surface area contributed by atoms with Crippen molar-refractivity contribution in [3.63, 3.8) is 0 Å². The van der Waals surface area contributed by atoms with Gasteiger partial charge in [0.1, 0.15) is 16.6 Å². The molecule has 0 bridgehead atoms. The lowest BCUT2D eigenvalue weighted by Crippen LogP contribution is -2.46. The van der Waals surface area contributed by atoms with Crippen molar-refractivity contribution in [1.82, 2.24) is 20.1 Å². The minimum Gasteiger partial charge on any atom is -0.351 e. The Kier molecular flexibility index (Phi) is 4.53. The first-order valence-electron chi connectivity index (χ1n) is 8.71. The number of aromatic nitrogens is 3. The smallest absolute Gasteiger partial charge is 0.169 e. The van der Waals surface area contributed by atoms with Crippen LogP contribution >= 0.6 is 11.3 Å². The van der Waals surface area contributed by atoms with Gasteiger partial charge in [0.2, 0.25) is 0 Å². The maximum Gasteiger partial charge on any atom is 0.169 e. The quantitative estimate of drug-likeness (QED) is 0.712. The Morgan fingerprint density at radius 2 is 1.88 bits per heavy atom. The van der Waals surface area contributed by atoms with Crippen LogP contribution in [0.1, 0.15) is 21.8 Å². The van der Waals surface area contributed by atoms with Crippen molar-refractivity contribution in [2.45, 2.75) is 20.4 Å². The normalized spacial score (nSPS) is 15.3. The van der Waals surface area contributed by atoms with Gasteiger partial charge in [0, 0.05) is 26.2 Å². The fraction of sp³-hybridized carbons (Fsp3) is 0.368. The molecule has 1 saturated heterocycles. The van der Waals surface area contributed by atoms with E-state index in [0.29, 0.717) is 5.56 Å². The molecule has 0 spiro atoms. The molecule has 4 rings (SSSR count). The molecule has 0 unspecified atom stereocenters. The number of benzene rings is 1. The molecule has 0 N–H and O–H groups in total.